The molecule has 1 unspecified atom stereocenters. The largest absolute Gasteiger partial charge is 0.355 e. The summed E-state index contributed by atoms with van der Waals surface area (Å²) in [7, 11) is 0. The number of fused-ring (bicyclic) bond motifs is 3. The maximum Gasteiger partial charge on any atom is 0.0465 e. The third-order valence-corrected chi connectivity index (χ3v) is 3.52. The van der Waals surface area contributed by atoms with E-state index < -0.39 is 0 Å². The quantitative estimate of drug-likeness (QED) is 0.615. The highest BCUT2D eigenvalue weighted by molar-refractivity contribution is 9.09. The molecule has 2 heteroatoms. The van der Waals surface area contributed by atoms with E-state index in [-0.39, 0.29) is 0 Å². The van der Waals surface area contributed by atoms with E-state index in [0.29, 0.717) is 4.83 Å². The van der Waals surface area contributed by atoms with Crippen LogP contribution in [0.15, 0.2) is 42.5 Å². The fourth-order valence-electron chi connectivity index (χ4n) is 2.11. The van der Waals surface area contributed by atoms with Gasteiger partial charge in [-0.2, -0.15) is 0 Å². The molecule has 3 rings (SSSR count). The predicted octanol–water partition coefficient (Wildman–Crippen LogP) is 4.78. The summed E-state index contributed by atoms with van der Waals surface area (Å²) in [6.07, 6.45) is 0. The first-order valence-electron chi connectivity index (χ1n) is 5.40. The molecule has 0 aliphatic carbocycles. The molecule has 1 nitrogen and oxygen atoms in total. The van der Waals surface area contributed by atoms with Crippen molar-refractivity contribution in [2.75, 3.05) is 0 Å². The van der Waals surface area contributed by atoms with Crippen LogP contribution in [0, 0.1) is 0 Å². The van der Waals surface area contributed by atoms with E-state index in [1.807, 2.05) is 0 Å². The molecule has 0 aliphatic heterocycles. The standard InChI is InChI=1S/C14H12BrN/c1-9(15)10-6-7-14-12(8-10)11-4-2-3-5-13(11)16-14/h2-9,16H,1H3. The van der Waals surface area contributed by atoms with Crippen LogP contribution in [0.3, 0.4) is 0 Å². The topological polar surface area (TPSA) is 15.8 Å². The van der Waals surface area contributed by atoms with E-state index in [4.69, 9.17) is 0 Å². The van der Waals surface area contributed by atoms with Crippen LogP contribution in [0.25, 0.3) is 21.8 Å². The molecule has 1 atom stereocenters. The first-order chi connectivity index (χ1) is 7.75. The Kier molecular flexibility index (Phi) is 2.25. The average Bonchev–Trinajstić information content (AvgIpc) is 2.66. The predicted molar refractivity (Wildman–Crippen MR) is 73.1 cm³/mol. The Bertz CT molecular complexity index is 652. The molecule has 0 aliphatic rings. The van der Waals surface area contributed by atoms with Crippen molar-refractivity contribution in [1.82, 2.24) is 4.98 Å². The molecule has 1 N–H and O–H groups in total. The summed E-state index contributed by atoms with van der Waals surface area (Å²) in [6.45, 7) is 2.15. The zero-order valence-electron chi connectivity index (χ0n) is 9.00. The van der Waals surface area contributed by atoms with Crippen LogP contribution in [-0.4, -0.2) is 4.98 Å². The highest BCUT2D eigenvalue weighted by Gasteiger charge is 2.06. The van der Waals surface area contributed by atoms with Crippen LogP contribution in [-0.2, 0) is 0 Å². The number of aromatic nitrogens is 1. The van der Waals surface area contributed by atoms with E-state index in [1.54, 1.807) is 0 Å². The molecule has 2 aromatic carbocycles. The third-order valence-electron chi connectivity index (χ3n) is 2.99. The molecule has 3 aromatic rings. The monoisotopic (exact) mass is 273 g/mol. The Morgan fingerprint density at radius 3 is 2.56 bits per heavy atom. The second-order valence-electron chi connectivity index (χ2n) is 4.09. The number of alkyl halides is 1. The van der Waals surface area contributed by atoms with Gasteiger partial charge in [-0.1, -0.05) is 40.2 Å². The maximum atomic E-state index is 3.61. The van der Waals surface area contributed by atoms with Crippen LogP contribution >= 0.6 is 15.9 Å². The van der Waals surface area contributed by atoms with Gasteiger partial charge in [0.1, 0.15) is 0 Å². The number of para-hydroxylation sites is 1. The number of H-pyrrole nitrogens is 1. The van der Waals surface area contributed by atoms with Crippen molar-refractivity contribution >= 4 is 37.7 Å². The first-order valence-corrected chi connectivity index (χ1v) is 6.32. The van der Waals surface area contributed by atoms with Gasteiger partial charge in [-0.05, 0) is 30.7 Å². The Morgan fingerprint density at radius 1 is 1.00 bits per heavy atom. The van der Waals surface area contributed by atoms with Gasteiger partial charge in [-0.3, -0.25) is 0 Å². The van der Waals surface area contributed by atoms with Crippen LogP contribution in [0.2, 0.25) is 0 Å². The molecule has 80 valence electrons. The van der Waals surface area contributed by atoms with Crippen molar-refractivity contribution in [3.63, 3.8) is 0 Å². The number of hydrogen-bond acceptors (Lipinski definition) is 0. The highest BCUT2D eigenvalue weighted by atomic mass is 79.9. The summed E-state index contributed by atoms with van der Waals surface area (Å²) in [5, 5.41) is 2.60. The van der Waals surface area contributed by atoms with Crippen molar-refractivity contribution < 1.29 is 0 Å². The van der Waals surface area contributed by atoms with Crippen LogP contribution in [0.5, 0.6) is 0 Å². The second kappa shape index (κ2) is 3.63. The Labute approximate surface area is 103 Å². The minimum atomic E-state index is 0.394. The summed E-state index contributed by atoms with van der Waals surface area (Å²) in [6, 6.07) is 15.0. The van der Waals surface area contributed by atoms with Crippen molar-refractivity contribution in [3.8, 4) is 0 Å². The smallest absolute Gasteiger partial charge is 0.0465 e. The van der Waals surface area contributed by atoms with Gasteiger partial charge in [-0.25, -0.2) is 0 Å². The summed E-state index contributed by atoms with van der Waals surface area (Å²) >= 11 is 3.61. The van der Waals surface area contributed by atoms with Gasteiger partial charge in [0.25, 0.3) is 0 Å². The van der Waals surface area contributed by atoms with E-state index in [1.165, 1.54) is 27.4 Å². The van der Waals surface area contributed by atoms with Gasteiger partial charge in [0.2, 0.25) is 0 Å². The van der Waals surface area contributed by atoms with E-state index in [2.05, 4.69) is 70.3 Å². The van der Waals surface area contributed by atoms with Crippen molar-refractivity contribution in [2.45, 2.75) is 11.8 Å². The number of halogens is 1. The SMILES string of the molecule is CC(Br)c1ccc2[nH]c3ccccc3c2c1. The molecule has 0 bridgehead atoms. The molecule has 1 heterocycles. The number of hydrogen-bond donors (Lipinski definition) is 1. The van der Waals surface area contributed by atoms with Crippen molar-refractivity contribution in [1.29, 1.82) is 0 Å². The summed E-state index contributed by atoms with van der Waals surface area (Å²) < 4.78 is 0. The zero-order valence-corrected chi connectivity index (χ0v) is 10.6. The number of nitrogens with one attached hydrogen (secondary N) is 1. The molecular weight excluding hydrogens is 262 g/mol. The molecule has 0 radical (unpaired) electrons. The highest BCUT2D eigenvalue weighted by Crippen LogP contribution is 2.30. The molecule has 1 aromatic heterocycles. The van der Waals surface area contributed by atoms with E-state index in [0.717, 1.165) is 0 Å². The van der Waals surface area contributed by atoms with Gasteiger partial charge in [-0.15, -0.1) is 0 Å². The molecule has 0 saturated heterocycles. The molecule has 16 heavy (non-hydrogen) atoms. The van der Waals surface area contributed by atoms with Crippen molar-refractivity contribution in [2.24, 2.45) is 0 Å². The lowest BCUT2D eigenvalue weighted by molar-refractivity contribution is 1.13. The number of rotatable bonds is 1. The minimum absolute atomic E-state index is 0.394. The summed E-state index contributed by atoms with van der Waals surface area (Å²) in [5.41, 5.74) is 3.73. The zero-order chi connectivity index (χ0) is 11.1. The lowest BCUT2D eigenvalue weighted by atomic mass is 10.1. The molecule has 0 amide bonds. The normalized spacial score (nSPS) is 13.4. The Morgan fingerprint density at radius 2 is 1.75 bits per heavy atom. The van der Waals surface area contributed by atoms with E-state index in [9.17, 15) is 0 Å². The summed E-state index contributed by atoms with van der Waals surface area (Å²) in [4.78, 5) is 3.82. The molecular formula is C14H12BrN. The first kappa shape index (κ1) is 9.91. The average molecular weight is 274 g/mol. The Balaban J connectivity index is 2.40. The van der Waals surface area contributed by atoms with Gasteiger partial charge < -0.3 is 4.98 Å². The Hall–Kier alpha value is -1.28. The fourth-order valence-corrected chi connectivity index (χ4v) is 2.40. The van der Waals surface area contributed by atoms with Crippen LogP contribution in [0.4, 0.5) is 0 Å². The minimum Gasteiger partial charge on any atom is -0.355 e. The summed E-state index contributed by atoms with van der Waals surface area (Å²) in [5.74, 6) is 0. The van der Waals surface area contributed by atoms with E-state index >= 15 is 0 Å². The molecule has 0 saturated carbocycles. The van der Waals surface area contributed by atoms with Crippen LogP contribution in [0.1, 0.15) is 17.3 Å². The lowest BCUT2D eigenvalue weighted by Crippen LogP contribution is -1.82. The van der Waals surface area contributed by atoms with Crippen molar-refractivity contribution in [3.05, 3.63) is 48.0 Å². The van der Waals surface area contributed by atoms with Gasteiger partial charge >= 0.3 is 0 Å². The lowest BCUT2D eigenvalue weighted by Gasteiger charge is -2.03. The fraction of sp³-hybridized carbons (Fsp3) is 0.143. The number of benzene rings is 2. The van der Waals surface area contributed by atoms with Crippen LogP contribution < -0.4 is 0 Å². The third kappa shape index (κ3) is 1.45. The second-order valence-corrected chi connectivity index (χ2v) is 5.47. The maximum absolute atomic E-state index is 3.61. The number of aromatic amines is 1. The van der Waals surface area contributed by atoms with Gasteiger partial charge in [0, 0.05) is 26.6 Å². The molecule has 0 fully saturated rings. The van der Waals surface area contributed by atoms with Gasteiger partial charge in [0.05, 0.1) is 0 Å². The van der Waals surface area contributed by atoms with Gasteiger partial charge in [0.15, 0.2) is 0 Å². The molecule has 0 spiro atoms.